The van der Waals surface area contributed by atoms with Gasteiger partial charge in [-0.1, -0.05) is 19.8 Å². The molecule has 0 heterocycles. The van der Waals surface area contributed by atoms with E-state index in [0.717, 1.165) is 12.5 Å². The molecule has 1 saturated carbocycles. The lowest BCUT2D eigenvalue weighted by atomic mass is 9.85. The van der Waals surface area contributed by atoms with Crippen LogP contribution in [0.5, 0.6) is 0 Å². The maximum absolute atomic E-state index is 11.5. The van der Waals surface area contributed by atoms with Gasteiger partial charge in [-0.25, -0.2) is 0 Å². The first-order valence-corrected chi connectivity index (χ1v) is 6.55. The van der Waals surface area contributed by atoms with Gasteiger partial charge in [-0.3, -0.25) is 4.79 Å². The summed E-state index contributed by atoms with van der Waals surface area (Å²) >= 11 is 0. The predicted octanol–water partition coefficient (Wildman–Crippen LogP) is 1.26. The summed E-state index contributed by atoms with van der Waals surface area (Å²) in [5, 5.41) is 3.02. The average molecular weight is 242 g/mol. The summed E-state index contributed by atoms with van der Waals surface area (Å²) < 4.78 is 4.79. The van der Waals surface area contributed by atoms with Gasteiger partial charge >= 0.3 is 5.97 Å². The summed E-state index contributed by atoms with van der Waals surface area (Å²) in [5.74, 6) is 0.548. The van der Waals surface area contributed by atoms with Crippen molar-refractivity contribution in [2.24, 2.45) is 5.92 Å². The van der Waals surface area contributed by atoms with E-state index in [0.29, 0.717) is 6.04 Å². The highest BCUT2D eigenvalue weighted by Crippen LogP contribution is 2.27. The van der Waals surface area contributed by atoms with Gasteiger partial charge < -0.3 is 15.0 Å². The molecule has 0 radical (unpaired) electrons. The van der Waals surface area contributed by atoms with Crippen molar-refractivity contribution in [1.82, 2.24) is 10.2 Å². The van der Waals surface area contributed by atoms with E-state index in [1.807, 2.05) is 0 Å². The summed E-state index contributed by atoms with van der Waals surface area (Å²) in [4.78, 5) is 13.8. The van der Waals surface area contributed by atoms with E-state index in [9.17, 15) is 4.79 Å². The van der Waals surface area contributed by atoms with E-state index in [1.165, 1.54) is 32.8 Å². The second-order valence-electron chi connectivity index (χ2n) is 5.13. The third-order valence-electron chi connectivity index (χ3n) is 3.94. The fourth-order valence-corrected chi connectivity index (χ4v) is 2.80. The van der Waals surface area contributed by atoms with E-state index >= 15 is 0 Å². The zero-order valence-electron chi connectivity index (χ0n) is 11.5. The Morgan fingerprint density at radius 3 is 2.65 bits per heavy atom. The van der Waals surface area contributed by atoms with E-state index in [-0.39, 0.29) is 12.0 Å². The monoisotopic (exact) mass is 242 g/mol. The number of carbonyl (C=O) groups excluding carboxylic acids is 1. The van der Waals surface area contributed by atoms with Crippen LogP contribution in [0.25, 0.3) is 0 Å². The second kappa shape index (κ2) is 6.97. The molecule has 1 aliphatic carbocycles. The minimum absolute atomic E-state index is 0.178. The molecule has 3 unspecified atom stereocenters. The Labute approximate surface area is 105 Å². The Hall–Kier alpha value is -0.610. The molecule has 3 atom stereocenters. The van der Waals surface area contributed by atoms with Crippen molar-refractivity contribution in [3.63, 3.8) is 0 Å². The Morgan fingerprint density at radius 2 is 2.12 bits per heavy atom. The van der Waals surface area contributed by atoms with Gasteiger partial charge in [-0.15, -0.1) is 0 Å². The zero-order chi connectivity index (χ0) is 12.8. The molecule has 1 fully saturated rings. The van der Waals surface area contributed by atoms with Crippen molar-refractivity contribution < 1.29 is 9.53 Å². The number of esters is 1. The Balaban J connectivity index is 2.50. The summed E-state index contributed by atoms with van der Waals surface area (Å²) in [5.41, 5.74) is 0. The van der Waals surface area contributed by atoms with Gasteiger partial charge in [-0.2, -0.15) is 0 Å². The maximum atomic E-state index is 11.5. The fraction of sp³-hybridized carbons (Fsp3) is 0.923. The summed E-state index contributed by atoms with van der Waals surface area (Å²) in [6, 6.07) is 0.378. The van der Waals surface area contributed by atoms with E-state index in [1.54, 1.807) is 7.05 Å². The Bertz CT molecular complexity index is 246. The molecule has 100 valence electrons. The lowest BCUT2D eigenvalue weighted by molar-refractivity contribution is -0.143. The molecular formula is C13H26N2O2. The van der Waals surface area contributed by atoms with Gasteiger partial charge in [0.2, 0.25) is 0 Å². The molecule has 0 aromatic rings. The molecule has 0 aromatic heterocycles. The molecule has 1 aliphatic rings. The highest BCUT2D eigenvalue weighted by Gasteiger charge is 2.28. The highest BCUT2D eigenvalue weighted by atomic mass is 16.5. The smallest absolute Gasteiger partial charge is 0.324 e. The molecule has 0 aliphatic heterocycles. The number of methoxy groups -OCH3 is 1. The van der Waals surface area contributed by atoms with Gasteiger partial charge in [0.25, 0.3) is 0 Å². The standard InChI is InChI=1S/C13H26N2O2/c1-10-7-5-6-8-12(10)15(3)9-11(14-2)13(16)17-4/h10-12,14H,5-9H2,1-4H3. The van der Waals surface area contributed by atoms with Crippen LogP contribution in [0.3, 0.4) is 0 Å². The molecule has 1 rings (SSSR count). The lowest BCUT2D eigenvalue weighted by Gasteiger charge is -2.37. The summed E-state index contributed by atoms with van der Waals surface area (Å²) in [6.07, 6.45) is 5.20. The number of hydrogen-bond acceptors (Lipinski definition) is 4. The number of likely N-dealkylation sites (N-methyl/N-ethyl adjacent to an activating group) is 2. The van der Waals surface area contributed by atoms with Crippen LogP contribution < -0.4 is 5.32 Å². The lowest BCUT2D eigenvalue weighted by Crippen LogP contribution is -2.49. The van der Waals surface area contributed by atoms with Crippen molar-refractivity contribution in [2.75, 3.05) is 27.7 Å². The minimum atomic E-state index is -0.223. The molecule has 0 bridgehead atoms. The van der Waals surface area contributed by atoms with Crippen LogP contribution in [-0.4, -0.2) is 50.7 Å². The molecule has 0 aromatic carbocycles. The Morgan fingerprint density at radius 1 is 1.47 bits per heavy atom. The number of nitrogens with zero attached hydrogens (tertiary/aromatic N) is 1. The third kappa shape index (κ3) is 3.96. The van der Waals surface area contributed by atoms with Crippen molar-refractivity contribution in [2.45, 2.75) is 44.7 Å². The Kier molecular flexibility index (Phi) is 5.92. The van der Waals surface area contributed by atoms with Crippen molar-refractivity contribution in [1.29, 1.82) is 0 Å². The van der Waals surface area contributed by atoms with Crippen LogP contribution in [0.1, 0.15) is 32.6 Å². The van der Waals surface area contributed by atoms with Gasteiger partial charge in [0.15, 0.2) is 0 Å². The summed E-state index contributed by atoms with van der Waals surface area (Å²) in [6.45, 7) is 3.03. The van der Waals surface area contributed by atoms with Gasteiger partial charge in [0.05, 0.1) is 7.11 Å². The van der Waals surface area contributed by atoms with E-state index in [2.05, 4.69) is 24.2 Å². The quantitative estimate of drug-likeness (QED) is 0.737. The molecule has 4 nitrogen and oxygen atoms in total. The number of carbonyl (C=O) groups is 1. The number of hydrogen-bond donors (Lipinski definition) is 1. The predicted molar refractivity (Wildman–Crippen MR) is 68.9 cm³/mol. The second-order valence-corrected chi connectivity index (χ2v) is 5.13. The molecule has 17 heavy (non-hydrogen) atoms. The molecular weight excluding hydrogens is 216 g/mol. The molecule has 0 saturated heterocycles. The van der Waals surface area contributed by atoms with Crippen LogP contribution in [0.15, 0.2) is 0 Å². The topological polar surface area (TPSA) is 41.6 Å². The summed E-state index contributed by atoms with van der Waals surface area (Å²) in [7, 11) is 5.36. The van der Waals surface area contributed by atoms with E-state index in [4.69, 9.17) is 4.74 Å². The SMILES string of the molecule is CNC(CN(C)C1CCCCC1C)C(=O)OC. The molecule has 4 heteroatoms. The van der Waals surface area contributed by atoms with Gasteiger partial charge in [0.1, 0.15) is 6.04 Å². The van der Waals surface area contributed by atoms with Crippen molar-refractivity contribution in [3.05, 3.63) is 0 Å². The maximum Gasteiger partial charge on any atom is 0.324 e. The number of nitrogens with one attached hydrogen (secondary N) is 1. The third-order valence-corrected chi connectivity index (χ3v) is 3.94. The first-order valence-electron chi connectivity index (χ1n) is 6.55. The van der Waals surface area contributed by atoms with Crippen LogP contribution in [0.4, 0.5) is 0 Å². The first-order chi connectivity index (χ1) is 8.10. The van der Waals surface area contributed by atoms with Crippen LogP contribution >= 0.6 is 0 Å². The van der Waals surface area contributed by atoms with Crippen LogP contribution in [0.2, 0.25) is 0 Å². The zero-order valence-corrected chi connectivity index (χ0v) is 11.5. The fourth-order valence-electron chi connectivity index (χ4n) is 2.80. The van der Waals surface area contributed by atoms with Crippen LogP contribution in [0, 0.1) is 5.92 Å². The van der Waals surface area contributed by atoms with Crippen molar-refractivity contribution >= 4 is 5.97 Å². The minimum Gasteiger partial charge on any atom is -0.468 e. The normalized spacial score (nSPS) is 26.9. The highest BCUT2D eigenvalue weighted by molar-refractivity contribution is 5.75. The van der Waals surface area contributed by atoms with Gasteiger partial charge in [0, 0.05) is 12.6 Å². The number of ether oxygens (including phenoxy) is 1. The van der Waals surface area contributed by atoms with Gasteiger partial charge in [-0.05, 0) is 32.9 Å². The number of rotatable bonds is 5. The first kappa shape index (κ1) is 14.5. The molecule has 0 amide bonds. The van der Waals surface area contributed by atoms with E-state index < -0.39 is 0 Å². The van der Waals surface area contributed by atoms with Crippen molar-refractivity contribution in [3.8, 4) is 0 Å². The molecule has 0 spiro atoms. The average Bonchev–Trinajstić information content (AvgIpc) is 2.35. The molecule has 1 N–H and O–H groups in total. The van der Waals surface area contributed by atoms with Crippen LogP contribution in [-0.2, 0) is 9.53 Å². The largest absolute Gasteiger partial charge is 0.468 e.